The lowest BCUT2D eigenvalue weighted by molar-refractivity contribution is 0.367. The molecule has 2 heterocycles. The molecule has 1 aliphatic rings. The first-order valence-corrected chi connectivity index (χ1v) is 8.19. The molecule has 0 bridgehead atoms. The number of benzene rings is 2. The van der Waals surface area contributed by atoms with Gasteiger partial charge in [-0.05, 0) is 23.3 Å². The normalized spacial score (nSPS) is 15.7. The van der Waals surface area contributed by atoms with Crippen molar-refractivity contribution < 1.29 is 13.7 Å². The third kappa shape index (κ3) is 3.20. The minimum atomic E-state index is -0.334. The lowest BCUT2D eigenvalue weighted by Crippen LogP contribution is -2.06. The minimum Gasteiger partial charge on any atom is -0.497 e. The first-order chi connectivity index (χ1) is 12.2. The summed E-state index contributed by atoms with van der Waals surface area (Å²) in [5, 5.41) is 7.37. The summed E-state index contributed by atoms with van der Waals surface area (Å²) in [6.45, 7) is 0.851. The van der Waals surface area contributed by atoms with Crippen LogP contribution in [0.1, 0.15) is 28.8 Å². The van der Waals surface area contributed by atoms with E-state index < -0.39 is 0 Å². The summed E-state index contributed by atoms with van der Waals surface area (Å²) < 4.78 is 24.4. The third-order valence-corrected chi connectivity index (χ3v) is 4.48. The molecule has 3 aromatic rings. The van der Waals surface area contributed by atoms with Crippen molar-refractivity contribution in [3.8, 4) is 5.75 Å². The Balaban J connectivity index is 1.46. The maximum absolute atomic E-state index is 14.0. The molecule has 1 N–H and O–H groups in total. The Bertz CT molecular complexity index is 894. The van der Waals surface area contributed by atoms with E-state index in [1.807, 2.05) is 12.1 Å². The summed E-state index contributed by atoms with van der Waals surface area (Å²) >= 11 is 0. The van der Waals surface area contributed by atoms with E-state index in [-0.39, 0.29) is 5.82 Å². The number of ether oxygens (including phenoxy) is 1. The Morgan fingerprint density at radius 3 is 3.00 bits per heavy atom. The van der Waals surface area contributed by atoms with Crippen molar-refractivity contribution in [2.75, 3.05) is 19.0 Å². The summed E-state index contributed by atoms with van der Waals surface area (Å²) in [5.41, 5.74) is 2.94. The zero-order valence-electron chi connectivity index (χ0n) is 13.8. The molecule has 0 fully saturated rings. The van der Waals surface area contributed by atoms with E-state index >= 15 is 0 Å². The Labute approximate surface area is 144 Å². The molecule has 0 amide bonds. The molecule has 0 spiro atoms. The topological polar surface area (TPSA) is 60.2 Å². The van der Waals surface area contributed by atoms with E-state index in [9.17, 15) is 4.39 Å². The van der Waals surface area contributed by atoms with E-state index in [4.69, 9.17) is 9.26 Å². The second-order valence-electron chi connectivity index (χ2n) is 6.11. The average molecular weight is 339 g/mol. The lowest BCUT2D eigenvalue weighted by Gasteiger charge is -2.06. The van der Waals surface area contributed by atoms with Crippen molar-refractivity contribution in [3.05, 3.63) is 71.1 Å². The fraction of sp³-hybridized carbons (Fsp3) is 0.263. The van der Waals surface area contributed by atoms with Crippen LogP contribution in [-0.2, 0) is 12.8 Å². The smallest absolute Gasteiger partial charge is 0.227 e. The molecule has 128 valence electrons. The summed E-state index contributed by atoms with van der Waals surface area (Å²) in [5.74, 6) is 1.52. The molecule has 0 radical (unpaired) electrons. The number of para-hydroxylation sites is 1. The predicted molar refractivity (Wildman–Crippen MR) is 91.4 cm³/mol. The molecule has 1 aromatic heterocycles. The van der Waals surface area contributed by atoms with Crippen LogP contribution in [0.5, 0.6) is 5.75 Å². The van der Waals surface area contributed by atoms with Crippen LogP contribution in [0.2, 0.25) is 0 Å². The van der Waals surface area contributed by atoms with Gasteiger partial charge >= 0.3 is 0 Å². The van der Waals surface area contributed by atoms with E-state index in [0.29, 0.717) is 41.8 Å². The highest BCUT2D eigenvalue weighted by Crippen LogP contribution is 2.33. The van der Waals surface area contributed by atoms with Gasteiger partial charge < -0.3 is 14.6 Å². The number of halogens is 1. The van der Waals surface area contributed by atoms with Crippen LogP contribution in [0.15, 0.2) is 47.0 Å². The SMILES string of the molecule is COc1ccc(Cc2noc(CC3CNc4ccccc43)n2)c(F)c1. The second kappa shape index (κ2) is 6.55. The molecule has 0 saturated carbocycles. The van der Waals surface area contributed by atoms with E-state index in [0.717, 1.165) is 12.2 Å². The molecule has 0 aliphatic carbocycles. The van der Waals surface area contributed by atoms with E-state index in [1.165, 1.54) is 18.7 Å². The summed E-state index contributed by atoms with van der Waals surface area (Å²) in [7, 11) is 1.51. The van der Waals surface area contributed by atoms with Gasteiger partial charge in [0, 0.05) is 37.1 Å². The number of hydrogen-bond donors (Lipinski definition) is 1. The first kappa shape index (κ1) is 15.6. The highest BCUT2D eigenvalue weighted by molar-refractivity contribution is 5.57. The Morgan fingerprint density at radius 2 is 2.16 bits per heavy atom. The standard InChI is InChI=1S/C19H18FN3O2/c1-24-14-7-6-12(16(20)10-14)8-18-22-19(25-23-18)9-13-11-21-17-5-3-2-4-15(13)17/h2-7,10,13,21H,8-9,11H2,1H3. The molecule has 0 saturated heterocycles. The van der Waals surface area contributed by atoms with Crippen molar-refractivity contribution >= 4 is 5.69 Å². The van der Waals surface area contributed by atoms with Crippen LogP contribution in [0.25, 0.3) is 0 Å². The molecule has 1 aliphatic heterocycles. The highest BCUT2D eigenvalue weighted by atomic mass is 19.1. The summed E-state index contributed by atoms with van der Waals surface area (Å²) in [6, 6.07) is 13.0. The van der Waals surface area contributed by atoms with Gasteiger partial charge in [0.05, 0.1) is 7.11 Å². The molecular formula is C19H18FN3O2. The molecule has 1 unspecified atom stereocenters. The van der Waals surface area contributed by atoms with Gasteiger partial charge in [-0.2, -0.15) is 4.98 Å². The zero-order chi connectivity index (χ0) is 17.2. The highest BCUT2D eigenvalue weighted by Gasteiger charge is 2.24. The molecule has 1 atom stereocenters. The molecule has 6 heteroatoms. The first-order valence-electron chi connectivity index (χ1n) is 8.19. The quantitative estimate of drug-likeness (QED) is 0.770. The Morgan fingerprint density at radius 1 is 1.28 bits per heavy atom. The largest absolute Gasteiger partial charge is 0.497 e. The lowest BCUT2D eigenvalue weighted by atomic mass is 9.98. The van der Waals surface area contributed by atoms with Gasteiger partial charge in [-0.1, -0.05) is 29.4 Å². The van der Waals surface area contributed by atoms with Crippen LogP contribution < -0.4 is 10.1 Å². The van der Waals surface area contributed by atoms with E-state index in [2.05, 4.69) is 27.6 Å². The molecule has 25 heavy (non-hydrogen) atoms. The Kier molecular flexibility index (Phi) is 4.09. The number of nitrogens with one attached hydrogen (secondary N) is 1. The predicted octanol–water partition coefficient (Wildman–Crippen LogP) is 3.56. The van der Waals surface area contributed by atoms with Gasteiger partial charge in [0.25, 0.3) is 0 Å². The van der Waals surface area contributed by atoms with Gasteiger partial charge in [-0.25, -0.2) is 4.39 Å². The number of anilines is 1. The maximum Gasteiger partial charge on any atom is 0.227 e. The zero-order valence-corrected chi connectivity index (χ0v) is 13.8. The number of fused-ring (bicyclic) bond motifs is 1. The van der Waals surface area contributed by atoms with E-state index in [1.54, 1.807) is 12.1 Å². The van der Waals surface area contributed by atoms with Gasteiger partial charge in [0.2, 0.25) is 5.89 Å². The minimum absolute atomic E-state index is 0.291. The van der Waals surface area contributed by atoms with Crippen molar-refractivity contribution in [1.29, 1.82) is 0 Å². The second-order valence-corrected chi connectivity index (χ2v) is 6.11. The van der Waals surface area contributed by atoms with Crippen LogP contribution in [0, 0.1) is 5.82 Å². The van der Waals surface area contributed by atoms with Crippen molar-refractivity contribution in [3.63, 3.8) is 0 Å². The summed E-state index contributed by atoms with van der Waals surface area (Å²) in [4.78, 5) is 4.42. The average Bonchev–Trinajstić information content (AvgIpc) is 3.24. The van der Waals surface area contributed by atoms with Crippen LogP contribution in [-0.4, -0.2) is 23.8 Å². The van der Waals surface area contributed by atoms with Gasteiger partial charge in [0.1, 0.15) is 11.6 Å². The van der Waals surface area contributed by atoms with Crippen molar-refractivity contribution in [2.45, 2.75) is 18.8 Å². The van der Waals surface area contributed by atoms with Crippen molar-refractivity contribution in [2.24, 2.45) is 0 Å². The number of hydrogen-bond acceptors (Lipinski definition) is 5. The number of aromatic nitrogens is 2. The van der Waals surface area contributed by atoms with Gasteiger partial charge in [-0.15, -0.1) is 0 Å². The monoisotopic (exact) mass is 339 g/mol. The van der Waals surface area contributed by atoms with Crippen molar-refractivity contribution in [1.82, 2.24) is 10.1 Å². The molecule has 5 nitrogen and oxygen atoms in total. The van der Waals surface area contributed by atoms with Gasteiger partial charge in [0.15, 0.2) is 5.82 Å². The van der Waals surface area contributed by atoms with Crippen LogP contribution in [0.3, 0.4) is 0 Å². The number of nitrogens with zero attached hydrogens (tertiary/aromatic N) is 2. The van der Waals surface area contributed by atoms with Crippen LogP contribution >= 0.6 is 0 Å². The fourth-order valence-corrected chi connectivity index (χ4v) is 3.16. The van der Waals surface area contributed by atoms with Gasteiger partial charge in [-0.3, -0.25) is 0 Å². The molecular weight excluding hydrogens is 321 g/mol. The Hall–Kier alpha value is -2.89. The maximum atomic E-state index is 14.0. The molecule has 4 rings (SSSR count). The third-order valence-electron chi connectivity index (χ3n) is 4.48. The van der Waals surface area contributed by atoms with Crippen LogP contribution in [0.4, 0.5) is 10.1 Å². The summed E-state index contributed by atoms with van der Waals surface area (Å²) in [6.07, 6.45) is 0.959. The fourth-order valence-electron chi connectivity index (χ4n) is 3.16. The number of methoxy groups -OCH3 is 1. The molecule has 2 aromatic carbocycles. The number of rotatable bonds is 5.